The van der Waals surface area contributed by atoms with Gasteiger partial charge in [0, 0.05) is 36.7 Å². The minimum atomic E-state index is 0. The molecule has 23 heavy (non-hydrogen) atoms. The summed E-state index contributed by atoms with van der Waals surface area (Å²) in [6.07, 6.45) is 6.30. The second-order valence-electron chi connectivity index (χ2n) is 7.62. The van der Waals surface area contributed by atoms with E-state index in [0.717, 1.165) is 12.8 Å². The third-order valence-electron chi connectivity index (χ3n) is 4.38. The van der Waals surface area contributed by atoms with Crippen molar-refractivity contribution in [1.82, 2.24) is 0 Å². The molecule has 0 bridgehead atoms. The summed E-state index contributed by atoms with van der Waals surface area (Å²) in [5, 5.41) is 0. The van der Waals surface area contributed by atoms with Crippen molar-refractivity contribution < 1.29 is 0 Å². The molecule has 132 valence electrons. The first-order valence-corrected chi connectivity index (χ1v) is 8.73. The van der Waals surface area contributed by atoms with E-state index in [1.165, 1.54) is 22.6 Å². The molecule has 2 heteroatoms. The van der Waals surface area contributed by atoms with Gasteiger partial charge < -0.3 is 0 Å². The molecular formula is C21H38N2. The van der Waals surface area contributed by atoms with Crippen LogP contribution in [0.4, 0.5) is 0 Å². The lowest BCUT2D eigenvalue weighted by atomic mass is 9.96. The van der Waals surface area contributed by atoms with Crippen LogP contribution in [-0.2, 0) is 0 Å². The Kier molecular flexibility index (Phi) is 9.34. The van der Waals surface area contributed by atoms with Crippen LogP contribution in [0, 0.1) is 23.7 Å². The van der Waals surface area contributed by atoms with E-state index >= 15 is 0 Å². The normalized spacial score (nSPS) is 16.9. The summed E-state index contributed by atoms with van der Waals surface area (Å²) >= 11 is 0. The predicted octanol–water partition coefficient (Wildman–Crippen LogP) is 6.69. The largest absolute Gasteiger partial charge is 0.265 e. The van der Waals surface area contributed by atoms with Gasteiger partial charge in [0.2, 0.25) is 0 Å². The Morgan fingerprint density at radius 1 is 0.609 bits per heavy atom. The number of rotatable bonds is 4. The lowest BCUT2D eigenvalue weighted by Crippen LogP contribution is -2.06. The molecular weight excluding hydrogens is 280 g/mol. The fourth-order valence-electron chi connectivity index (χ4n) is 2.35. The third kappa shape index (κ3) is 6.85. The molecule has 0 aromatic carbocycles. The Balaban J connectivity index is 0.000000403. The van der Waals surface area contributed by atoms with Crippen LogP contribution in [0.5, 0.6) is 0 Å². The fraction of sp³-hybridized carbons (Fsp3) is 0.714. The molecule has 2 rings (SSSR count). The highest BCUT2D eigenvalue weighted by Gasteiger charge is 2.15. The monoisotopic (exact) mass is 318 g/mol. The fourth-order valence-corrected chi connectivity index (χ4v) is 2.35. The zero-order chi connectivity index (χ0) is 16.9. The van der Waals surface area contributed by atoms with E-state index in [9.17, 15) is 0 Å². The van der Waals surface area contributed by atoms with Crippen LogP contribution in [0.1, 0.15) is 75.7 Å². The molecule has 0 saturated carbocycles. The lowest BCUT2D eigenvalue weighted by molar-refractivity contribution is 0.749. The molecule has 0 spiro atoms. The summed E-state index contributed by atoms with van der Waals surface area (Å²) in [6, 6.07) is 0. The smallest absolute Gasteiger partial charge is 0.0265 e. The van der Waals surface area contributed by atoms with E-state index in [1.807, 2.05) is 12.4 Å². The van der Waals surface area contributed by atoms with Gasteiger partial charge in [-0.2, -0.15) is 0 Å². The summed E-state index contributed by atoms with van der Waals surface area (Å²) < 4.78 is 0. The molecule has 0 radical (unpaired) electrons. The first-order chi connectivity index (χ1) is 10.2. The SMILES string of the molecule is C.CC(C)C1=CN=C(C(C)C)C1.CC(C)C1=CN=C(C(C)C)C1. The molecule has 2 aliphatic heterocycles. The molecule has 0 aliphatic carbocycles. The van der Waals surface area contributed by atoms with Gasteiger partial charge in [-0.1, -0.05) is 62.8 Å². The van der Waals surface area contributed by atoms with Crippen LogP contribution in [0.15, 0.2) is 33.5 Å². The minimum absolute atomic E-state index is 0. The van der Waals surface area contributed by atoms with Crippen LogP contribution in [0.2, 0.25) is 0 Å². The van der Waals surface area contributed by atoms with Crippen LogP contribution in [0.3, 0.4) is 0 Å². The average Bonchev–Trinajstić information content (AvgIpc) is 3.09. The van der Waals surface area contributed by atoms with Crippen molar-refractivity contribution in [1.29, 1.82) is 0 Å². The summed E-state index contributed by atoms with van der Waals surface area (Å²) in [5.74, 6) is 2.55. The molecule has 0 N–H and O–H groups in total. The second kappa shape index (κ2) is 9.85. The lowest BCUT2D eigenvalue weighted by Gasteiger charge is -2.07. The van der Waals surface area contributed by atoms with E-state index < -0.39 is 0 Å². The molecule has 2 nitrogen and oxygen atoms in total. The predicted molar refractivity (Wildman–Crippen MR) is 106 cm³/mol. The van der Waals surface area contributed by atoms with E-state index in [2.05, 4.69) is 65.4 Å². The van der Waals surface area contributed by atoms with E-state index in [4.69, 9.17) is 0 Å². The van der Waals surface area contributed by atoms with E-state index in [-0.39, 0.29) is 7.43 Å². The summed E-state index contributed by atoms with van der Waals surface area (Å²) in [7, 11) is 0. The van der Waals surface area contributed by atoms with E-state index in [1.54, 1.807) is 0 Å². The van der Waals surface area contributed by atoms with Gasteiger partial charge in [0.1, 0.15) is 0 Å². The number of hydrogen-bond donors (Lipinski definition) is 0. The van der Waals surface area contributed by atoms with E-state index in [0.29, 0.717) is 23.7 Å². The Bertz CT molecular complexity index is 396. The van der Waals surface area contributed by atoms with Crippen molar-refractivity contribution >= 4 is 11.4 Å². The molecule has 0 atom stereocenters. The van der Waals surface area contributed by atoms with Gasteiger partial charge in [-0.05, 0) is 34.8 Å². The molecule has 2 aliphatic rings. The van der Waals surface area contributed by atoms with Crippen LogP contribution < -0.4 is 0 Å². The van der Waals surface area contributed by atoms with Gasteiger partial charge in [-0.15, -0.1) is 0 Å². The zero-order valence-corrected chi connectivity index (χ0v) is 15.8. The van der Waals surface area contributed by atoms with Crippen LogP contribution in [-0.4, -0.2) is 11.4 Å². The topological polar surface area (TPSA) is 24.7 Å². The third-order valence-corrected chi connectivity index (χ3v) is 4.38. The quantitative estimate of drug-likeness (QED) is 0.551. The average molecular weight is 319 g/mol. The van der Waals surface area contributed by atoms with Gasteiger partial charge in [-0.3, -0.25) is 9.98 Å². The molecule has 0 aromatic heterocycles. The van der Waals surface area contributed by atoms with Crippen molar-refractivity contribution in [2.24, 2.45) is 33.7 Å². The first kappa shape index (κ1) is 21.8. The van der Waals surface area contributed by atoms with Crippen molar-refractivity contribution in [3.63, 3.8) is 0 Å². The number of aliphatic imine (C=N–C) groups is 2. The van der Waals surface area contributed by atoms with Crippen molar-refractivity contribution in [2.45, 2.75) is 75.7 Å². The molecule has 0 fully saturated rings. The number of allylic oxidation sites excluding steroid dienone is 2. The number of nitrogens with zero attached hydrogens (tertiary/aromatic N) is 2. The summed E-state index contributed by atoms with van der Waals surface area (Å²) in [5.41, 5.74) is 5.64. The zero-order valence-electron chi connectivity index (χ0n) is 15.8. The minimum Gasteiger partial charge on any atom is -0.265 e. The Morgan fingerprint density at radius 2 is 0.913 bits per heavy atom. The molecule has 0 aromatic rings. The maximum absolute atomic E-state index is 4.39. The van der Waals surface area contributed by atoms with Crippen molar-refractivity contribution in [3.05, 3.63) is 23.5 Å². The van der Waals surface area contributed by atoms with Gasteiger partial charge in [0.05, 0.1) is 0 Å². The van der Waals surface area contributed by atoms with Crippen molar-refractivity contribution in [3.8, 4) is 0 Å². The Hall–Kier alpha value is -1.18. The van der Waals surface area contributed by atoms with Crippen LogP contribution >= 0.6 is 0 Å². The Labute approximate surface area is 144 Å². The van der Waals surface area contributed by atoms with Gasteiger partial charge in [0.25, 0.3) is 0 Å². The highest BCUT2D eigenvalue weighted by Crippen LogP contribution is 2.23. The van der Waals surface area contributed by atoms with Gasteiger partial charge in [0.15, 0.2) is 0 Å². The molecule has 0 saturated heterocycles. The number of hydrogen-bond acceptors (Lipinski definition) is 2. The molecule has 0 unspecified atom stereocenters. The highest BCUT2D eigenvalue weighted by molar-refractivity contribution is 5.91. The summed E-state index contributed by atoms with van der Waals surface area (Å²) in [4.78, 5) is 8.78. The van der Waals surface area contributed by atoms with Gasteiger partial charge >= 0.3 is 0 Å². The molecule has 0 amide bonds. The first-order valence-electron chi connectivity index (χ1n) is 8.73. The Morgan fingerprint density at radius 3 is 1.04 bits per heavy atom. The van der Waals surface area contributed by atoms with Gasteiger partial charge in [-0.25, -0.2) is 0 Å². The standard InChI is InChI=1S/2C10H17N.CH4/c2*1-7(2)9-5-10(8(3)4)11-6-9;/h2*6-8H,5H2,1-4H3;1H4. The second-order valence-corrected chi connectivity index (χ2v) is 7.62. The van der Waals surface area contributed by atoms with Crippen LogP contribution in [0.25, 0.3) is 0 Å². The maximum Gasteiger partial charge on any atom is 0.0265 e. The summed E-state index contributed by atoms with van der Waals surface area (Å²) in [6.45, 7) is 17.7. The highest BCUT2D eigenvalue weighted by atomic mass is 14.7. The molecule has 2 heterocycles. The maximum atomic E-state index is 4.39. The van der Waals surface area contributed by atoms with Crippen molar-refractivity contribution in [2.75, 3.05) is 0 Å².